The Kier molecular flexibility index (Phi) is 4.60. The number of quaternary nitrogens is 1. The van der Waals surface area contributed by atoms with Crippen LogP contribution in [0, 0.1) is 20.8 Å². The number of nitrogens with zero attached hydrogens (tertiary/aromatic N) is 1. The van der Waals surface area contributed by atoms with Crippen molar-refractivity contribution in [3.63, 3.8) is 0 Å². The molecule has 1 aromatic rings. The van der Waals surface area contributed by atoms with E-state index in [2.05, 4.69) is 7.05 Å². The Labute approximate surface area is 127 Å². The summed E-state index contributed by atoms with van der Waals surface area (Å²) in [7, 11) is 0.290. The van der Waals surface area contributed by atoms with Crippen LogP contribution in [0.2, 0.25) is 0 Å². The van der Waals surface area contributed by atoms with Crippen LogP contribution in [0.25, 0.3) is 0 Å². The van der Waals surface area contributed by atoms with Crippen LogP contribution in [0.4, 0.5) is 0 Å². The smallest absolute Gasteiger partial charge is 0.243 e. The van der Waals surface area contributed by atoms with Crippen molar-refractivity contribution in [1.29, 1.82) is 0 Å². The number of nitrogens with one attached hydrogen (secondary N) is 1. The Bertz CT molecular complexity index is 633. The van der Waals surface area contributed by atoms with Crippen molar-refractivity contribution in [2.24, 2.45) is 0 Å². The van der Waals surface area contributed by atoms with E-state index in [1.54, 1.807) is 17.5 Å². The van der Waals surface area contributed by atoms with Gasteiger partial charge in [0.05, 0.1) is 45.2 Å². The van der Waals surface area contributed by atoms with Crippen LogP contribution in [0.5, 0.6) is 5.75 Å². The molecule has 118 valence electrons. The number of sulfonamides is 1. The maximum Gasteiger partial charge on any atom is 0.243 e. The Morgan fingerprint density at radius 3 is 2.24 bits per heavy atom. The number of benzene rings is 1. The predicted octanol–water partition coefficient (Wildman–Crippen LogP) is 0.139. The van der Waals surface area contributed by atoms with E-state index < -0.39 is 10.0 Å². The minimum absolute atomic E-state index is 0.415. The molecular weight excluding hydrogens is 288 g/mol. The summed E-state index contributed by atoms with van der Waals surface area (Å²) >= 11 is 0. The number of hydrogen-bond acceptors (Lipinski definition) is 3. The van der Waals surface area contributed by atoms with Gasteiger partial charge >= 0.3 is 0 Å². The number of likely N-dealkylation sites (N-methyl/N-ethyl adjacent to an activating group) is 1. The van der Waals surface area contributed by atoms with Crippen LogP contribution in [0.3, 0.4) is 0 Å². The van der Waals surface area contributed by atoms with Crippen molar-refractivity contribution < 1.29 is 18.1 Å². The van der Waals surface area contributed by atoms with Crippen LogP contribution < -0.4 is 9.64 Å². The fourth-order valence-electron chi connectivity index (χ4n) is 2.85. The summed E-state index contributed by atoms with van der Waals surface area (Å²) in [4.78, 5) is 1.79. The van der Waals surface area contributed by atoms with Crippen LogP contribution in [-0.4, -0.2) is 53.1 Å². The van der Waals surface area contributed by atoms with E-state index in [4.69, 9.17) is 4.74 Å². The van der Waals surface area contributed by atoms with Crippen molar-refractivity contribution in [3.8, 4) is 5.75 Å². The average molecular weight is 313 g/mol. The minimum atomic E-state index is -3.42. The Morgan fingerprint density at radius 2 is 1.71 bits per heavy atom. The number of rotatable bonds is 3. The first-order chi connectivity index (χ1) is 9.78. The Morgan fingerprint density at radius 1 is 1.14 bits per heavy atom. The highest BCUT2D eigenvalue weighted by molar-refractivity contribution is 7.89. The minimum Gasteiger partial charge on any atom is -0.496 e. The van der Waals surface area contributed by atoms with Gasteiger partial charge in [-0.2, -0.15) is 4.31 Å². The molecule has 1 N–H and O–H groups in total. The molecule has 1 heterocycles. The van der Waals surface area contributed by atoms with Gasteiger partial charge in [-0.1, -0.05) is 0 Å². The molecule has 5 nitrogen and oxygen atoms in total. The molecule has 2 rings (SSSR count). The molecule has 1 fully saturated rings. The van der Waals surface area contributed by atoms with Crippen molar-refractivity contribution in [2.45, 2.75) is 25.7 Å². The molecule has 21 heavy (non-hydrogen) atoms. The van der Waals surface area contributed by atoms with E-state index in [1.807, 2.05) is 20.8 Å². The van der Waals surface area contributed by atoms with E-state index >= 15 is 0 Å². The predicted molar refractivity (Wildman–Crippen MR) is 82.6 cm³/mol. The fraction of sp³-hybridized carbons (Fsp3) is 0.600. The van der Waals surface area contributed by atoms with Crippen molar-refractivity contribution in [1.82, 2.24) is 4.31 Å². The zero-order valence-electron chi connectivity index (χ0n) is 13.5. The molecule has 0 spiro atoms. The summed E-state index contributed by atoms with van der Waals surface area (Å²) in [5.41, 5.74) is 2.54. The molecule has 6 heteroatoms. The van der Waals surface area contributed by atoms with Crippen LogP contribution in [0.1, 0.15) is 16.7 Å². The molecule has 0 bridgehead atoms. The van der Waals surface area contributed by atoms with Gasteiger partial charge in [0.25, 0.3) is 0 Å². The summed E-state index contributed by atoms with van der Waals surface area (Å²) in [6.45, 7) is 8.52. The van der Waals surface area contributed by atoms with Gasteiger partial charge in [0.1, 0.15) is 5.75 Å². The normalized spacial score (nSPS) is 18.0. The number of piperazine rings is 1. The first kappa shape index (κ1) is 16.3. The number of methoxy groups -OCH3 is 1. The highest BCUT2D eigenvalue weighted by Crippen LogP contribution is 2.32. The quantitative estimate of drug-likeness (QED) is 0.864. The largest absolute Gasteiger partial charge is 0.496 e. The number of aryl methyl sites for hydroxylation is 1. The van der Waals surface area contributed by atoms with Crippen LogP contribution in [-0.2, 0) is 10.0 Å². The molecule has 1 aliphatic rings. The molecule has 0 aliphatic carbocycles. The van der Waals surface area contributed by atoms with Crippen molar-refractivity contribution in [3.05, 3.63) is 22.8 Å². The Balaban J connectivity index is 2.46. The summed E-state index contributed by atoms with van der Waals surface area (Å²) in [6, 6.07) is 1.74. The van der Waals surface area contributed by atoms with E-state index in [-0.39, 0.29) is 0 Å². The lowest BCUT2D eigenvalue weighted by Crippen LogP contribution is -3.12. The van der Waals surface area contributed by atoms with Gasteiger partial charge in [-0.05, 0) is 43.5 Å². The fourth-order valence-corrected chi connectivity index (χ4v) is 4.66. The molecular formula is C15H25N2O3S+. The summed E-state index contributed by atoms with van der Waals surface area (Å²) in [5, 5.41) is 0. The van der Waals surface area contributed by atoms with E-state index in [0.717, 1.165) is 35.5 Å². The second-order valence-electron chi connectivity index (χ2n) is 5.84. The maximum atomic E-state index is 12.9. The van der Waals surface area contributed by atoms with Crippen LogP contribution in [0.15, 0.2) is 11.0 Å². The van der Waals surface area contributed by atoms with Gasteiger partial charge in [-0.15, -0.1) is 0 Å². The van der Waals surface area contributed by atoms with Gasteiger partial charge in [0, 0.05) is 0 Å². The summed E-state index contributed by atoms with van der Waals surface area (Å²) in [5.74, 6) is 0.772. The zero-order chi connectivity index (χ0) is 15.8. The molecule has 0 amide bonds. The average Bonchev–Trinajstić information content (AvgIpc) is 2.43. The lowest BCUT2D eigenvalue weighted by Gasteiger charge is -2.30. The van der Waals surface area contributed by atoms with E-state index in [0.29, 0.717) is 18.0 Å². The summed E-state index contributed by atoms with van der Waals surface area (Å²) < 4.78 is 32.8. The van der Waals surface area contributed by atoms with E-state index in [1.165, 1.54) is 4.90 Å². The first-order valence-electron chi connectivity index (χ1n) is 7.25. The molecule has 1 saturated heterocycles. The van der Waals surface area contributed by atoms with Gasteiger partial charge in [0.2, 0.25) is 10.0 Å². The lowest BCUT2D eigenvalue weighted by molar-refractivity contribution is -0.883. The molecule has 0 unspecified atom stereocenters. The number of hydrogen-bond donors (Lipinski definition) is 1. The molecule has 0 radical (unpaired) electrons. The molecule has 1 aliphatic heterocycles. The standard InChI is InChI=1S/C15H24N2O3S/c1-11-10-14(12(2)13(3)15(11)20-5)21(18,19)17-8-6-16(4)7-9-17/h10H,6-9H2,1-5H3/p+1. The van der Waals surface area contributed by atoms with Crippen molar-refractivity contribution in [2.75, 3.05) is 40.3 Å². The third kappa shape index (κ3) is 2.93. The molecule has 0 saturated carbocycles. The highest BCUT2D eigenvalue weighted by Gasteiger charge is 2.31. The topological polar surface area (TPSA) is 51.1 Å². The maximum absolute atomic E-state index is 12.9. The molecule has 0 aromatic heterocycles. The summed E-state index contributed by atoms with van der Waals surface area (Å²) in [6.07, 6.45) is 0. The second kappa shape index (κ2) is 5.94. The zero-order valence-corrected chi connectivity index (χ0v) is 14.3. The third-order valence-electron chi connectivity index (χ3n) is 4.38. The molecule has 1 aromatic carbocycles. The molecule has 0 atom stereocenters. The van der Waals surface area contributed by atoms with Gasteiger partial charge in [-0.25, -0.2) is 8.42 Å². The third-order valence-corrected chi connectivity index (χ3v) is 6.40. The van der Waals surface area contributed by atoms with Gasteiger partial charge < -0.3 is 9.64 Å². The van der Waals surface area contributed by atoms with E-state index in [9.17, 15) is 8.42 Å². The van der Waals surface area contributed by atoms with Crippen LogP contribution >= 0.6 is 0 Å². The monoisotopic (exact) mass is 313 g/mol. The first-order valence-corrected chi connectivity index (χ1v) is 8.69. The van der Waals surface area contributed by atoms with Crippen molar-refractivity contribution >= 4 is 10.0 Å². The Hall–Kier alpha value is -1.11. The van der Waals surface area contributed by atoms with Gasteiger partial charge in [-0.3, -0.25) is 0 Å². The van der Waals surface area contributed by atoms with Gasteiger partial charge in [0.15, 0.2) is 0 Å². The highest BCUT2D eigenvalue weighted by atomic mass is 32.2. The lowest BCUT2D eigenvalue weighted by atomic mass is 10.1. The second-order valence-corrected chi connectivity index (χ2v) is 7.74. The SMILES string of the molecule is COc1c(C)cc(S(=O)(=O)N2CC[NH+](C)CC2)c(C)c1C. The number of ether oxygens (including phenoxy) is 1.